The number of para-hydroxylation sites is 1. The van der Waals surface area contributed by atoms with Gasteiger partial charge < -0.3 is 8.83 Å². The van der Waals surface area contributed by atoms with Gasteiger partial charge in [-0.05, 0) is 43.3 Å². The maximum Gasteiger partial charge on any atom is 0.343 e. The van der Waals surface area contributed by atoms with Crippen molar-refractivity contribution in [1.29, 1.82) is 0 Å². The van der Waals surface area contributed by atoms with Crippen LogP contribution in [-0.4, -0.2) is 0 Å². The lowest BCUT2D eigenvalue weighted by Crippen LogP contribution is -2.01. The molecule has 0 bridgehead atoms. The van der Waals surface area contributed by atoms with Gasteiger partial charge in [0.15, 0.2) is 0 Å². The van der Waals surface area contributed by atoms with Gasteiger partial charge in [-0.25, -0.2) is 4.79 Å². The summed E-state index contributed by atoms with van der Waals surface area (Å²) in [5.41, 5.74) is 0.754. The van der Waals surface area contributed by atoms with Crippen LogP contribution in [0.3, 0.4) is 0 Å². The summed E-state index contributed by atoms with van der Waals surface area (Å²) in [6.45, 7) is 1.88. The molecule has 3 heteroatoms. The summed E-state index contributed by atoms with van der Waals surface area (Å²) in [5.74, 6) is 1.55. The highest BCUT2D eigenvalue weighted by atomic mass is 16.4. The Bertz CT molecular complexity index is 806. The van der Waals surface area contributed by atoms with Crippen molar-refractivity contribution >= 4 is 23.1 Å². The van der Waals surface area contributed by atoms with E-state index >= 15 is 0 Å². The van der Waals surface area contributed by atoms with Crippen LogP contribution < -0.4 is 5.63 Å². The van der Waals surface area contributed by atoms with Crippen LogP contribution >= 0.6 is 0 Å². The minimum atomic E-state index is -0.349. The van der Waals surface area contributed by atoms with Gasteiger partial charge in [0.2, 0.25) is 0 Å². The molecule has 3 nitrogen and oxygen atoms in total. The van der Waals surface area contributed by atoms with E-state index < -0.39 is 0 Å². The van der Waals surface area contributed by atoms with E-state index in [1.165, 1.54) is 0 Å². The third-order valence-electron chi connectivity index (χ3n) is 2.86. The molecule has 0 amide bonds. The van der Waals surface area contributed by atoms with Gasteiger partial charge in [-0.2, -0.15) is 0 Å². The van der Waals surface area contributed by atoms with Crippen molar-refractivity contribution in [2.75, 3.05) is 0 Å². The Kier molecular flexibility index (Phi) is 2.80. The molecule has 3 aromatic rings. The van der Waals surface area contributed by atoms with Crippen LogP contribution in [0.2, 0.25) is 0 Å². The average molecular weight is 252 g/mol. The predicted molar refractivity (Wildman–Crippen MR) is 74.9 cm³/mol. The molecule has 0 fully saturated rings. The molecule has 94 valence electrons. The molecule has 0 aliphatic heterocycles. The third-order valence-corrected chi connectivity index (χ3v) is 2.86. The Morgan fingerprint density at radius 1 is 1.00 bits per heavy atom. The van der Waals surface area contributed by atoms with Gasteiger partial charge in [-0.3, -0.25) is 0 Å². The summed E-state index contributed by atoms with van der Waals surface area (Å²) in [5, 5.41) is 0.900. The highest BCUT2D eigenvalue weighted by molar-refractivity contribution is 5.80. The van der Waals surface area contributed by atoms with Crippen molar-refractivity contribution in [3.8, 4) is 0 Å². The van der Waals surface area contributed by atoms with Crippen LogP contribution in [0.15, 0.2) is 56.1 Å². The number of aryl methyl sites for hydroxylation is 1. The lowest BCUT2D eigenvalue weighted by atomic mass is 10.2. The second kappa shape index (κ2) is 4.61. The van der Waals surface area contributed by atoms with Crippen LogP contribution in [0.1, 0.15) is 17.1 Å². The number of hydrogen-bond acceptors (Lipinski definition) is 3. The molecule has 0 spiro atoms. The molecule has 19 heavy (non-hydrogen) atoms. The molecule has 3 rings (SSSR count). The summed E-state index contributed by atoms with van der Waals surface area (Å²) in [6.07, 6.45) is 3.46. The SMILES string of the molecule is Cc1ccc(/C=C/c2cc3ccccc3oc2=O)o1. The summed E-state index contributed by atoms with van der Waals surface area (Å²) < 4.78 is 10.7. The van der Waals surface area contributed by atoms with E-state index in [1.54, 1.807) is 18.2 Å². The quantitative estimate of drug-likeness (QED) is 0.650. The topological polar surface area (TPSA) is 43.4 Å². The Morgan fingerprint density at radius 2 is 1.84 bits per heavy atom. The largest absolute Gasteiger partial charge is 0.462 e. The molecule has 0 atom stereocenters. The second-order valence-electron chi connectivity index (χ2n) is 4.31. The Morgan fingerprint density at radius 3 is 2.63 bits per heavy atom. The first-order chi connectivity index (χ1) is 9.22. The van der Waals surface area contributed by atoms with Crippen LogP contribution in [0.5, 0.6) is 0 Å². The van der Waals surface area contributed by atoms with Crippen LogP contribution in [-0.2, 0) is 0 Å². The fourth-order valence-corrected chi connectivity index (χ4v) is 1.91. The zero-order chi connectivity index (χ0) is 13.2. The first kappa shape index (κ1) is 11.5. The van der Waals surface area contributed by atoms with Gasteiger partial charge in [0.05, 0.1) is 5.56 Å². The van der Waals surface area contributed by atoms with E-state index in [1.807, 2.05) is 43.3 Å². The summed E-state index contributed by atoms with van der Waals surface area (Å²) in [4.78, 5) is 11.8. The second-order valence-corrected chi connectivity index (χ2v) is 4.31. The Balaban J connectivity index is 2.03. The van der Waals surface area contributed by atoms with E-state index in [0.29, 0.717) is 16.9 Å². The van der Waals surface area contributed by atoms with Crippen LogP contribution in [0.25, 0.3) is 23.1 Å². The van der Waals surface area contributed by atoms with Gasteiger partial charge in [0.1, 0.15) is 17.1 Å². The van der Waals surface area contributed by atoms with Gasteiger partial charge >= 0.3 is 5.63 Å². The van der Waals surface area contributed by atoms with Crippen molar-refractivity contribution in [1.82, 2.24) is 0 Å². The molecular weight excluding hydrogens is 240 g/mol. The lowest BCUT2D eigenvalue weighted by Gasteiger charge is -1.97. The zero-order valence-corrected chi connectivity index (χ0v) is 10.4. The van der Waals surface area contributed by atoms with Crippen molar-refractivity contribution in [3.05, 3.63) is 70.0 Å². The number of hydrogen-bond donors (Lipinski definition) is 0. The van der Waals surface area contributed by atoms with Crippen molar-refractivity contribution in [3.63, 3.8) is 0 Å². The minimum Gasteiger partial charge on any atom is -0.462 e. The fraction of sp³-hybridized carbons (Fsp3) is 0.0625. The van der Waals surface area contributed by atoms with E-state index in [-0.39, 0.29) is 5.63 Å². The van der Waals surface area contributed by atoms with Gasteiger partial charge in [-0.15, -0.1) is 0 Å². The fourth-order valence-electron chi connectivity index (χ4n) is 1.91. The van der Waals surface area contributed by atoms with Crippen molar-refractivity contribution in [2.24, 2.45) is 0 Å². The molecule has 0 unspecified atom stereocenters. The first-order valence-corrected chi connectivity index (χ1v) is 6.00. The molecule has 0 saturated heterocycles. The van der Waals surface area contributed by atoms with Crippen LogP contribution in [0, 0.1) is 6.92 Å². The monoisotopic (exact) mass is 252 g/mol. The molecule has 0 radical (unpaired) electrons. The van der Waals surface area contributed by atoms with E-state index in [9.17, 15) is 4.79 Å². The smallest absolute Gasteiger partial charge is 0.343 e. The molecule has 0 N–H and O–H groups in total. The summed E-state index contributed by atoms with van der Waals surface area (Å²) in [6, 6.07) is 13.0. The van der Waals surface area contributed by atoms with Crippen molar-refractivity contribution < 1.29 is 8.83 Å². The highest BCUT2D eigenvalue weighted by Gasteiger charge is 2.02. The summed E-state index contributed by atoms with van der Waals surface area (Å²) in [7, 11) is 0. The number of rotatable bonds is 2. The first-order valence-electron chi connectivity index (χ1n) is 6.00. The van der Waals surface area contributed by atoms with Gasteiger partial charge in [0, 0.05) is 5.39 Å². The van der Waals surface area contributed by atoms with Crippen molar-refractivity contribution in [2.45, 2.75) is 6.92 Å². The Hall–Kier alpha value is -2.55. The highest BCUT2D eigenvalue weighted by Crippen LogP contribution is 2.15. The van der Waals surface area contributed by atoms with E-state index in [0.717, 1.165) is 11.1 Å². The average Bonchev–Trinajstić information content (AvgIpc) is 2.82. The third kappa shape index (κ3) is 2.36. The lowest BCUT2D eigenvalue weighted by molar-refractivity contribution is 0.525. The van der Waals surface area contributed by atoms with Gasteiger partial charge in [-0.1, -0.05) is 18.2 Å². The standard InChI is InChI=1S/C16H12O3/c1-11-6-8-14(18-11)9-7-13-10-12-4-2-3-5-15(12)19-16(13)17/h2-10H,1H3/b9-7+. The normalized spacial score (nSPS) is 11.4. The molecule has 1 aromatic carbocycles. The molecule has 0 saturated carbocycles. The number of furan rings is 1. The Labute approximate surface area is 109 Å². The summed E-state index contributed by atoms with van der Waals surface area (Å²) >= 11 is 0. The zero-order valence-electron chi connectivity index (χ0n) is 10.4. The molecule has 0 aliphatic carbocycles. The van der Waals surface area contributed by atoms with Crippen LogP contribution in [0.4, 0.5) is 0 Å². The minimum absolute atomic E-state index is 0.349. The molecule has 2 aromatic heterocycles. The molecular formula is C16H12O3. The molecule has 0 aliphatic rings. The number of benzene rings is 1. The maximum atomic E-state index is 11.8. The number of fused-ring (bicyclic) bond motifs is 1. The maximum absolute atomic E-state index is 11.8. The van der Waals surface area contributed by atoms with E-state index in [2.05, 4.69) is 0 Å². The van der Waals surface area contributed by atoms with Gasteiger partial charge in [0.25, 0.3) is 0 Å². The van der Waals surface area contributed by atoms with E-state index in [4.69, 9.17) is 8.83 Å². The predicted octanol–water partition coefficient (Wildman–Crippen LogP) is 3.86. The molecule has 2 heterocycles.